The number of aromatic amines is 1. The molecule has 0 saturated carbocycles. The van der Waals surface area contributed by atoms with Crippen LogP contribution in [0.2, 0.25) is 0 Å². The molecular weight excluding hydrogens is 340 g/mol. The number of pyridine rings is 1. The molecule has 25 heavy (non-hydrogen) atoms. The standard InChI is InChI=1S/C16H22N6O2S/c1-17-16(23)11-8-15(20-19-11)25-14-9-13(24-3)12(10-18-14)22-6-4-21(2)5-7-22/h8-10H,4-7H2,1-3H3,(H,17,23)(H,19,20). The highest BCUT2D eigenvalue weighted by Gasteiger charge is 2.19. The molecule has 0 atom stereocenters. The van der Waals surface area contributed by atoms with Crippen LogP contribution in [0, 0.1) is 0 Å². The number of carbonyl (C=O) groups is 1. The number of nitrogens with zero attached hydrogens (tertiary/aromatic N) is 4. The van der Waals surface area contributed by atoms with E-state index in [2.05, 4.69) is 37.3 Å². The number of carbonyl (C=O) groups excluding carboxylic acids is 1. The van der Waals surface area contributed by atoms with E-state index in [0.29, 0.717) is 5.69 Å². The van der Waals surface area contributed by atoms with Gasteiger partial charge in [-0.25, -0.2) is 4.98 Å². The van der Waals surface area contributed by atoms with Crippen LogP contribution in [-0.2, 0) is 0 Å². The molecule has 3 heterocycles. The lowest BCUT2D eigenvalue weighted by atomic mass is 10.2. The van der Waals surface area contributed by atoms with Gasteiger partial charge < -0.3 is 19.9 Å². The van der Waals surface area contributed by atoms with Crippen molar-refractivity contribution in [2.75, 3.05) is 52.3 Å². The Kier molecular flexibility index (Phi) is 5.44. The van der Waals surface area contributed by atoms with E-state index in [1.807, 2.05) is 12.3 Å². The number of methoxy groups -OCH3 is 1. The highest BCUT2D eigenvalue weighted by Crippen LogP contribution is 2.33. The molecule has 0 aromatic carbocycles. The Bertz CT molecular complexity index is 742. The predicted octanol–water partition coefficient (Wildman–Crippen LogP) is 1.08. The second-order valence-electron chi connectivity index (χ2n) is 5.78. The van der Waals surface area contributed by atoms with Gasteiger partial charge in [-0.1, -0.05) is 11.8 Å². The fourth-order valence-electron chi connectivity index (χ4n) is 2.63. The van der Waals surface area contributed by atoms with E-state index in [4.69, 9.17) is 4.74 Å². The summed E-state index contributed by atoms with van der Waals surface area (Å²) in [4.78, 5) is 20.7. The molecule has 0 spiro atoms. The average molecular weight is 362 g/mol. The molecule has 134 valence electrons. The van der Waals surface area contributed by atoms with E-state index >= 15 is 0 Å². The van der Waals surface area contributed by atoms with Crippen molar-refractivity contribution in [3.63, 3.8) is 0 Å². The first-order valence-electron chi connectivity index (χ1n) is 8.03. The van der Waals surface area contributed by atoms with E-state index < -0.39 is 0 Å². The first-order chi connectivity index (χ1) is 12.1. The number of hydrogen-bond donors (Lipinski definition) is 2. The number of amides is 1. The van der Waals surface area contributed by atoms with Gasteiger partial charge >= 0.3 is 0 Å². The van der Waals surface area contributed by atoms with Gasteiger partial charge in [0, 0.05) is 45.4 Å². The van der Waals surface area contributed by atoms with E-state index in [1.54, 1.807) is 20.2 Å². The van der Waals surface area contributed by atoms with Crippen molar-refractivity contribution < 1.29 is 9.53 Å². The van der Waals surface area contributed by atoms with E-state index in [0.717, 1.165) is 47.7 Å². The molecule has 9 heteroatoms. The number of likely N-dealkylation sites (N-methyl/N-ethyl adjacent to an activating group) is 1. The number of aromatic nitrogens is 3. The molecule has 2 aromatic heterocycles. The summed E-state index contributed by atoms with van der Waals surface area (Å²) >= 11 is 1.41. The molecule has 1 amide bonds. The number of ether oxygens (including phenoxy) is 1. The van der Waals surface area contributed by atoms with Crippen molar-refractivity contribution in [2.45, 2.75) is 10.1 Å². The van der Waals surface area contributed by atoms with Gasteiger partial charge in [-0.15, -0.1) is 0 Å². The number of nitrogens with one attached hydrogen (secondary N) is 2. The molecule has 1 aliphatic rings. The topological polar surface area (TPSA) is 86.4 Å². The van der Waals surface area contributed by atoms with Crippen LogP contribution in [0.4, 0.5) is 5.69 Å². The number of piperazine rings is 1. The van der Waals surface area contributed by atoms with Crippen LogP contribution in [0.1, 0.15) is 10.5 Å². The normalized spacial score (nSPS) is 15.2. The number of H-pyrrole nitrogens is 1. The number of anilines is 1. The minimum Gasteiger partial charge on any atom is -0.494 e. The van der Waals surface area contributed by atoms with Crippen LogP contribution in [0.5, 0.6) is 5.75 Å². The first kappa shape index (κ1) is 17.6. The van der Waals surface area contributed by atoms with Crippen molar-refractivity contribution in [1.82, 2.24) is 25.4 Å². The molecule has 0 unspecified atom stereocenters. The molecule has 0 aliphatic carbocycles. The Morgan fingerprint density at radius 2 is 2.08 bits per heavy atom. The number of rotatable bonds is 5. The molecular formula is C16H22N6O2S. The zero-order valence-electron chi connectivity index (χ0n) is 14.6. The third-order valence-corrected chi connectivity index (χ3v) is 4.98. The van der Waals surface area contributed by atoms with E-state index in [9.17, 15) is 4.79 Å². The smallest absolute Gasteiger partial charge is 0.271 e. The third-order valence-electron chi connectivity index (χ3n) is 4.11. The number of hydrogen-bond acceptors (Lipinski definition) is 7. The highest BCUT2D eigenvalue weighted by molar-refractivity contribution is 7.99. The largest absolute Gasteiger partial charge is 0.494 e. The van der Waals surface area contributed by atoms with Gasteiger partial charge in [0.05, 0.1) is 24.0 Å². The van der Waals surface area contributed by atoms with Crippen LogP contribution >= 0.6 is 11.8 Å². The van der Waals surface area contributed by atoms with Crippen molar-refractivity contribution in [1.29, 1.82) is 0 Å². The molecule has 1 saturated heterocycles. The summed E-state index contributed by atoms with van der Waals surface area (Å²) in [5, 5.41) is 10.9. The van der Waals surface area contributed by atoms with Crippen LogP contribution in [0.25, 0.3) is 0 Å². The Hall–Kier alpha value is -2.26. The second-order valence-corrected chi connectivity index (χ2v) is 6.85. The lowest BCUT2D eigenvalue weighted by Crippen LogP contribution is -2.44. The SMILES string of the molecule is CNC(=O)c1cc(Sc2cc(OC)c(N3CCN(C)CC3)cn2)[nH]n1. The third kappa shape index (κ3) is 4.05. The van der Waals surface area contributed by atoms with E-state index in [1.165, 1.54) is 11.8 Å². The minimum atomic E-state index is -0.223. The van der Waals surface area contributed by atoms with Crippen molar-refractivity contribution in [3.05, 3.63) is 24.0 Å². The van der Waals surface area contributed by atoms with Gasteiger partial charge in [-0.05, 0) is 7.05 Å². The van der Waals surface area contributed by atoms with Crippen LogP contribution < -0.4 is 15.0 Å². The maximum absolute atomic E-state index is 11.6. The van der Waals surface area contributed by atoms with Gasteiger partial charge in [0.2, 0.25) is 0 Å². The fraction of sp³-hybridized carbons (Fsp3) is 0.438. The zero-order chi connectivity index (χ0) is 17.8. The molecule has 1 fully saturated rings. The van der Waals surface area contributed by atoms with Gasteiger partial charge in [0.25, 0.3) is 5.91 Å². The van der Waals surface area contributed by atoms with Gasteiger partial charge in [-0.3, -0.25) is 9.89 Å². The summed E-state index contributed by atoms with van der Waals surface area (Å²) in [6.45, 7) is 3.96. The second kappa shape index (κ2) is 7.75. The molecule has 2 aromatic rings. The predicted molar refractivity (Wildman–Crippen MR) is 96.6 cm³/mol. The highest BCUT2D eigenvalue weighted by atomic mass is 32.2. The summed E-state index contributed by atoms with van der Waals surface area (Å²) in [5.41, 5.74) is 1.36. The molecule has 0 radical (unpaired) electrons. The van der Waals surface area contributed by atoms with Crippen LogP contribution in [0.3, 0.4) is 0 Å². The quantitative estimate of drug-likeness (QED) is 0.823. The van der Waals surface area contributed by atoms with Crippen LogP contribution in [0.15, 0.2) is 28.4 Å². The van der Waals surface area contributed by atoms with Crippen molar-refractivity contribution in [2.24, 2.45) is 0 Å². The van der Waals surface area contributed by atoms with Crippen LogP contribution in [-0.4, -0.2) is 73.4 Å². The zero-order valence-corrected chi connectivity index (χ0v) is 15.4. The summed E-state index contributed by atoms with van der Waals surface area (Å²) < 4.78 is 5.57. The monoisotopic (exact) mass is 362 g/mol. The van der Waals surface area contributed by atoms with Crippen molar-refractivity contribution >= 4 is 23.4 Å². The Morgan fingerprint density at radius 3 is 2.76 bits per heavy atom. The summed E-state index contributed by atoms with van der Waals surface area (Å²) in [7, 11) is 5.38. The van der Waals surface area contributed by atoms with Gasteiger partial charge in [0.15, 0.2) is 5.69 Å². The minimum absolute atomic E-state index is 0.223. The summed E-state index contributed by atoms with van der Waals surface area (Å²) in [6, 6.07) is 3.62. The molecule has 1 aliphatic heterocycles. The Labute approximate surface area is 150 Å². The van der Waals surface area contributed by atoms with Gasteiger partial charge in [-0.2, -0.15) is 5.10 Å². The van der Waals surface area contributed by atoms with Gasteiger partial charge in [0.1, 0.15) is 10.8 Å². The first-order valence-corrected chi connectivity index (χ1v) is 8.85. The lowest BCUT2D eigenvalue weighted by Gasteiger charge is -2.34. The maximum Gasteiger partial charge on any atom is 0.271 e. The average Bonchev–Trinajstić information content (AvgIpc) is 3.10. The molecule has 2 N–H and O–H groups in total. The van der Waals surface area contributed by atoms with E-state index in [-0.39, 0.29) is 5.91 Å². The Morgan fingerprint density at radius 1 is 1.32 bits per heavy atom. The Balaban J connectivity index is 1.75. The lowest BCUT2D eigenvalue weighted by molar-refractivity contribution is 0.0958. The summed E-state index contributed by atoms with van der Waals surface area (Å²) in [5.74, 6) is 0.576. The van der Waals surface area contributed by atoms with Crippen molar-refractivity contribution in [3.8, 4) is 5.75 Å². The molecule has 3 rings (SSSR count). The molecule has 0 bridgehead atoms. The molecule has 8 nitrogen and oxygen atoms in total. The summed E-state index contributed by atoms with van der Waals surface area (Å²) in [6.07, 6.45) is 1.85. The maximum atomic E-state index is 11.6. The fourth-order valence-corrected chi connectivity index (χ4v) is 3.39.